The van der Waals surface area contributed by atoms with Gasteiger partial charge in [0.15, 0.2) is 0 Å². The molecule has 1 aliphatic carbocycles. The van der Waals surface area contributed by atoms with E-state index in [2.05, 4.69) is 11.9 Å². The van der Waals surface area contributed by atoms with Gasteiger partial charge in [-0.2, -0.15) is 0 Å². The molecule has 0 bridgehead atoms. The zero-order valence-corrected chi connectivity index (χ0v) is 13.4. The highest BCUT2D eigenvalue weighted by atomic mass is 19.1. The average molecular weight is 334 g/mol. The maximum atomic E-state index is 14.0. The molecule has 1 fully saturated rings. The van der Waals surface area contributed by atoms with Crippen LogP contribution >= 0.6 is 0 Å². The maximum Gasteiger partial charge on any atom is 0.243 e. The predicted octanol–water partition coefficient (Wildman–Crippen LogP) is 2.32. The van der Waals surface area contributed by atoms with Crippen molar-refractivity contribution >= 4 is 11.8 Å². The molecule has 0 radical (unpaired) electrons. The van der Waals surface area contributed by atoms with E-state index in [1.54, 1.807) is 4.90 Å². The summed E-state index contributed by atoms with van der Waals surface area (Å²) < 4.78 is 27.8. The Morgan fingerprint density at radius 3 is 2.62 bits per heavy atom. The summed E-state index contributed by atoms with van der Waals surface area (Å²) in [6.45, 7) is 3.87. The molecule has 0 aromatic heterocycles. The third kappa shape index (κ3) is 3.05. The fraction of sp³-hybridized carbons (Fsp3) is 0.444. The minimum absolute atomic E-state index is 0.0797. The molecule has 1 heterocycles. The molecule has 1 aromatic carbocycles. The summed E-state index contributed by atoms with van der Waals surface area (Å²) in [7, 11) is 0. The maximum absolute atomic E-state index is 14.0. The Morgan fingerprint density at radius 1 is 1.21 bits per heavy atom. The first-order valence-electron chi connectivity index (χ1n) is 8.18. The normalized spacial score (nSPS) is 22.8. The van der Waals surface area contributed by atoms with Crippen LogP contribution in [0.3, 0.4) is 0 Å². The molecule has 0 unspecified atom stereocenters. The number of benzene rings is 1. The number of amides is 2. The van der Waals surface area contributed by atoms with Crippen LogP contribution in [0.25, 0.3) is 0 Å². The van der Waals surface area contributed by atoms with Crippen LogP contribution in [0.15, 0.2) is 24.8 Å². The Kier molecular flexibility index (Phi) is 4.64. The number of nitrogens with one attached hydrogen (secondary N) is 1. The number of hydrogen-bond acceptors (Lipinski definition) is 2. The van der Waals surface area contributed by atoms with Crippen LogP contribution in [0.4, 0.5) is 8.78 Å². The van der Waals surface area contributed by atoms with Crippen molar-refractivity contribution in [3.8, 4) is 0 Å². The Hall–Kier alpha value is -2.24. The highest BCUT2D eigenvalue weighted by Crippen LogP contribution is 2.31. The smallest absolute Gasteiger partial charge is 0.243 e. The minimum atomic E-state index is -0.480. The zero-order chi connectivity index (χ0) is 17.3. The van der Waals surface area contributed by atoms with E-state index in [-0.39, 0.29) is 35.9 Å². The molecule has 4 nitrogen and oxygen atoms in total. The summed E-state index contributed by atoms with van der Waals surface area (Å²) in [6.07, 6.45) is 3.78. The van der Waals surface area contributed by atoms with Gasteiger partial charge in [-0.1, -0.05) is 13.0 Å². The van der Waals surface area contributed by atoms with E-state index < -0.39 is 11.6 Å². The fourth-order valence-corrected chi connectivity index (χ4v) is 3.69. The van der Waals surface area contributed by atoms with E-state index in [0.717, 1.165) is 25.0 Å². The molecule has 2 aliphatic rings. The van der Waals surface area contributed by atoms with Crippen molar-refractivity contribution in [3.63, 3.8) is 0 Å². The standard InChI is InChI=1S/C18H20F2N2O2/c1-2-17(23)21-16-5-3-4-12(16)18(24)22-9-8-11-13(10-22)15(20)7-6-14(11)19/h2,6-7,12,16H,1,3-5,8-10H2,(H,21,23)/t12-,16+/m0/s1. The average Bonchev–Trinajstić information content (AvgIpc) is 3.05. The Bertz CT molecular complexity index is 690. The number of fused-ring (bicyclic) bond motifs is 1. The monoisotopic (exact) mass is 334 g/mol. The van der Waals surface area contributed by atoms with Gasteiger partial charge in [0, 0.05) is 24.7 Å². The molecule has 2 amide bonds. The molecule has 1 saturated carbocycles. The number of rotatable bonds is 3. The van der Waals surface area contributed by atoms with Gasteiger partial charge in [0.25, 0.3) is 0 Å². The molecule has 0 saturated heterocycles. The SMILES string of the molecule is C=CC(=O)N[C@@H]1CCC[C@@H]1C(=O)N1CCc2c(F)ccc(F)c2C1. The largest absolute Gasteiger partial charge is 0.349 e. The number of nitrogens with zero attached hydrogens (tertiary/aromatic N) is 1. The van der Waals surface area contributed by atoms with E-state index in [4.69, 9.17) is 0 Å². The Balaban J connectivity index is 1.75. The second kappa shape index (κ2) is 6.71. The van der Waals surface area contributed by atoms with Crippen molar-refractivity contribution in [3.05, 3.63) is 47.5 Å². The van der Waals surface area contributed by atoms with E-state index in [1.165, 1.54) is 6.08 Å². The topological polar surface area (TPSA) is 49.4 Å². The number of carbonyl (C=O) groups is 2. The Labute approximate surface area is 139 Å². The van der Waals surface area contributed by atoms with Crippen LogP contribution in [-0.4, -0.2) is 29.3 Å². The molecule has 1 N–H and O–H groups in total. The number of halogens is 2. The van der Waals surface area contributed by atoms with Crippen LogP contribution in [0.2, 0.25) is 0 Å². The van der Waals surface area contributed by atoms with Gasteiger partial charge in [-0.3, -0.25) is 9.59 Å². The van der Waals surface area contributed by atoms with Crippen molar-refractivity contribution < 1.29 is 18.4 Å². The molecule has 1 aromatic rings. The van der Waals surface area contributed by atoms with Gasteiger partial charge in [-0.05, 0) is 43.0 Å². The summed E-state index contributed by atoms with van der Waals surface area (Å²) in [4.78, 5) is 25.9. The van der Waals surface area contributed by atoms with Crippen molar-refractivity contribution in [1.82, 2.24) is 10.2 Å². The lowest BCUT2D eigenvalue weighted by molar-refractivity contribution is -0.137. The van der Waals surface area contributed by atoms with Gasteiger partial charge in [0.1, 0.15) is 11.6 Å². The summed E-state index contributed by atoms with van der Waals surface area (Å²) in [6, 6.07) is 2.01. The summed E-state index contributed by atoms with van der Waals surface area (Å²) in [5.74, 6) is -1.61. The van der Waals surface area contributed by atoms with Crippen molar-refractivity contribution in [1.29, 1.82) is 0 Å². The molecule has 2 atom stereocenters. The molecule has 1 aliphatic heterocycles. The van der Waals surface area contributed by atoms with Gasteiger partial charge in [-0.25, -0.2) is 8.78 Å². The van der Waals surface area contributed by atoms with Crippen LogP contribution in [0.5, 0.6) is 0 Å². The highest BCUT2D eigenvalue weighted by molar-refractivity contribution is 5.88. The number of carbonyl (C=O) groups excluding carboxylic acids is 2. The third-order valence-electron chi connectivity index (χ3n) is 4.96. The van der Waals surface area contributed by atoms with Crippen molar-refractivity contribution in [2.24, 2.45) is 5.92 Å². The first-order chi connectivity index (χ1) is 11.5. The summed E-state index contributed by atoms with van der Waals surface area (Å²) in [5, 5.41) is 2.80. The van der Waals surface area contributed by atoms with Gasteiger partial charge < -0.3 is 10.2 Å². The van der Waals surface area contributed by atoms with Gasteiger partial charge >= 0.3 is 0 Å². The molecule has 3 rings (SSSR count). The van der Waals surface area contributed by atoms with Crippen LogP contribution in [-0.2, 0) is 22.6 Å². The van der Waals surface area contributed by atoms with Gasteiger partial charge in [0.05, 0.1) is 5.92 Å². The van der Waals surface area contributed by atoms with Crippen LogP contribution in [0, 0.1) is 17.6 Å². The molecular formula is C18H20F2N2O2. The zero-order valence-electron chi connectivity index (χ0n) is 13.4. The lowest BCUT2D eigenvalue weighted by Crippen LogP contribution is -2.46. The minimum Gasteiger partial charge on any atom is -0.349 e. The molecule has 128 valence electrons. The van der Waals surface area contributed by atoms with E-state index in [9.17, 15) is 18.4 Å². The van der Waals surface area contributed by atoms with Crippen LogP contribution < -0.4 is 5.32 Å². The number of hydrogen-bond donors (Lipinski definition) is 1. The quantitative estimate of drug-likeness (QED) is 0.863. The van der Waals surface area contributed by atoms with Crippen molar-refractivity contribution in [2.75, 3.05) is 6.54 Å². The second-order valence-corrected chi connectivity index (χ2v) is 6.35. The molecule has 0 spiro atoms. The fourth-order valence-electron chi connectivity index (χ4n) is 3.69. The first kappa shape index (κ1) is 16.6. The van der Waals surface area contributed by atoms with Gasteiger partial charge in [0.2, 0.25) is 11.8 Å². The lowest BCUT2D eigenvalue weighted by Gasteiger charge is -2.33. The van der Waals surface area contributed by atoms with Crippen molar-refractivity contribution in [2.45, 2.75) is 38.3 Å². The summed E-state index contributed by atoms with van der Waals surface area (Å²) in [5.41, 5.74) is 0.626. The molecule has 24 heavy (non-hydrogen) atoms. The predicted molar refractivity (Wildman–Crippen MR) is 84.9 cm³/mol. The first-order valence-corrected chi connectivity index (χ1v) is 8.18. The van der Waals surface area contributed by atoms with E-state index in [1.807, 2.05) is 0 Å². The lowest BCUT2D eigenvalue weighted by atomic mass is 9.95. The van der Waals surface area contributed by atoms with Crippen LogP contribution in [0.1, 0.15) is 30.4 Å². The van der Waals surface area contributed by atoms with E-state index >= 15 is 0 Å². The molecule has 6 heteroatoms. The van der Waals surface area contributed by atoms with Gasteiger partial charge in [-0.15, -0.1) is 0 Å². The Morgan fingerprint density at radius 2 is 1.92 bits per heavy atom. The van der Waals surface area contributed by atoms with E-state index in [0.29, 0.717) is 24.9 Å². The summed E-state index contributed by atoms with van der Waals surface area (Å²) >= 11 is 0. The highest BCUT2D eigenvalue weighted by Gasteiger charge is 2.37. The third-order valence-corrected chi connectivity index (χ3v) is 4.96. The second-order valence-electron chi connectivity index (χ2n) is 6.35. The molecular weight excluding hydrogens is 314 g/mol.